The highest BCUT2D eigenvalue weighted by Crippen LogP contribution is 2.33. The van der Waals surface area contributed by atoms with E-state index in [1.807, 2.05) is 37.3 Å². The van der Waals surface area contributed by atoms with Gasteiger partial charge in [0.25, 0.3) is 0 Å². The van der Waals surface area contributed by atoms with E-state index < -0.39 is 0 Å². The monoisotopic (exact) mass is 322 g/mol. The van der Waals surface area contributed by atoms with Gasteiger partial charge in [-0.1, -0.05) is 6.07 Å². The zero-order valence-electron chi connectivity index (χ0n) is 14.2. The van der Waals surface area contributed by atoms with Gasteiger partial charge in [-0.3, -0.25) is 0 Å². The third-order valence-electron chi connectivity index (χ3n) is 4.16. The molecule has 0 fully saturated rings. The van der Waals surface area contributed by atoms with Crippen LogP contribution in [-0.4, -0.2) is 25.9 Å². The number of rotatable bonds is 3. The Balaban J connectivity index is 2.03. The molecule has 24 heavy (non-hydrogen) atoms. The van der Waals surface area contributed by atoms with Crippen molar-refractivity contribution in [3.05, 3.63) is 53.6 Å². The molecule has 0 saturated carbocycles. The predicted molar refractivity (Wildman–Crippen MR) is 94.9 cm³/mol. The molecule has 2 aromatic rings. The molecule has 124 valence electrons. The lowest BCUT2D eigenvalue weighted by Gasteiger charge is -2.31. The molecule has 3 rings (SSSR count). The fourth-order valence-corrected chi connectivity index (χ4v) is 3.09. The van der Waals surface area contributed by atoms with Crippen molar-refractivity contribution < 1.29 is 9.47 Å². The highest BCUT2D eigenvalue weighted by atomic mass is 16.5. The van der Waals surface area contributed by atoms with Crippen molar-refractivity contribution in [2.24, 2.45) is 0 Å². The molecule has 0 saturated heterocycles. The lowest BCUT2D eigenvalue weighted by atomic mass is 10.0. The molecular weight excluding hydrogens is 300 g/mol. The lowest BCUT2D eigenvalue weighted by molar-refractivity contribution is 0.0703. The van der Waals surface area contributed by atoms with Crippen molar-refractivity contribution in [2.45, 2.75) is 26.4 Å². The van der Waals surface area contributed by atoms with Crippen LogP contribution in [0.15, 0.2) is 42.5 Å². The number of hydrogen-bond acceptors (Lipinski definition) is 4. The first kappa shape index (κ1) is 16.4. The minimum Gasteiger partial charge on any atom is -0.494 e. The highest BCUT2D eigenvalue weighted by Gasteiger charge is 2.19. The van der Waals surface area contributed by atoms with Gasteiger partial charge in [-0.15, -0.1) is 0 Å². The molecule has 0 aliphatic carbocycles. The SMILES string of the molecule is CCOc1cccc(N2CCOC(C)Cc3cc(C#N)ccc32)c1. The molecular formula is C20H22N2O2. The zero-order chi connectivity index (χ0) is 16.9. The van der Waals surface area contributed by atoms with Crippen LogP contribution >= 0.6 is 0 Å². The highest BCUT2D eigenvalue weighted by molar-refractivity contribution is 5.69. The number of hydrogen-bond donors (Lipinski definition) is 0. The fraction of sp³-hybridized carbons (Fsp3) is 0.350. The smallest absolute Gasteiger partial charge is 0.121 e. The van der Waals surface area contributed by atoms with Crippen LogP contribution in [0.1, 0.15) is 25.0 Å². The van der Waals surface area contributed by atoms with Gasteiger partial charge in [0.2, 0.25) is 0 Å². The summed E-state index contributed by atoms with van der Waals surface area (Å²) in [6.45, 7) is 6.13. The summed E-state index contributed by atoms with van der Waals surface area (Å²) in [5.41, 5.74) is 4.04. The molecule has 1 atom stereocenters. The molecule has 1 unspecified atom stereocenters. The normalized spacial score (nSPS) is 17.4. The van der Waals surface area contributed by atoms with Crippen molar-refractivity contribution in [3.8, 4) is 11.8 Å². The van der Waals surface area contributed by atoms with Crippen LogP contribution in [0.4, 0.5) is 11.4 Å². The summed E-state index contributed by atoms with van der Waals surface area (Å²) in [6, 6.07) is 16.2. The van der Waals surface area contributed by atoms with Crippen molar-refractivity contribution >= 4 is 11.4 Å². The number of fused-ring (bicyclic) bond motifs is 1. The molecule has 1 heterocycles. The Kier molecular flexibility index (Phi) is 5.02. The van der Waals surface area contributed by atoms with Crippen LogP contribution in [0, 0.1) is 11.3 Å². The summed E-state index contributed by atoms with van der Waals surface area (Å²) in [5, 5.41) is 9.20. The van der Waals surface area contributed by atoms with Crippen LogP contribution in [0.5, 0.6) is 5.75 Å². The van der Waals surface area contributed by atoms with Gasteiger partial charge in [0.05, 0.1) is 31.0 Å². The molecule has 2 aromatic carbocycles. The largest absolute Gasteiger partial charge is 0.494 e. The van der Waals surface area contributed by atoms with Crippen molar-refractivity contribution in [1.29, 1.82) is 5.26 Å². The average molecular weight is 322 g/mol. The minimum atomic E-state index is 0.148. The average Bonchev–Trinajstić information content (AvgIpc) is 2.58. The molecule has 0 aromatic heterocycles. The van der Waals surface area contributed by atoms with Crippen molar-refractivity contribution in [2.75, 3.05) is 24.7 Å². The summed E-state index contributed by atoms with van der Waals surface area (Å²) in [5.74, 6) is 0.863. The number of benzene rings is 2. The predicted octanol–water partition coefficient (Wildman–Crippen LogP) is 4.06. The Bertz CT molecular complexity index is 752. The van der Waals surface area contributed by atoms with Gasteiger partial charge in [0.15, 0.2) is 0 Å². The molecule has 0 spiro atoms. The van der Waals surface area contributed by atoms with Gasteiger partial charge in [0.1, 0.15) is 5.75 Å². The zero-order valence-corrected chi connectivity index (χ0v) is 14.2. The van der Waals surface area contributed by atoms with E-state index in [9.17, 15) is 5.26 Å². The topological polar surface area (TPSA) is 45.5 Å². The Morgan fingerprint density at radius 2 is 2.17 bits per heavy atom. The summed E-state index contributed by atoms with van der Waals surface area (Å²) >= 11 is 0. The summed E-state index contributed by atoms with van der Waals surface area (Å²) in [7, 11) is 0. The maximum absolute atomic E-state index is 9.20. The number of ether oxygens (including phenoxy) is 2. The summed E-state index contributed by atoms with van der Waals surface area (Å²) < 4.78 is 11.5. The summed E-state index contributed by atoms with van der Waals surface area (Å²) in [6.07, 6.45) is 0.946. The fourth-order valence-electron chi connectivity index (χ4n) is 3.09. The second-order valence-corrected chi connectivity index (χ2v) is 5.92. The first-order chi connectivity index (χ1) is 11.7. The minimum absolute atomic E-state index is 0.148. The van der Waals surface area contributed by atoms with Gasteiger partial charge < -0.3 is 14.4 Å². The lowest BCUT2D eigenvalue weighted by Crippen LogP contribution is -2.29. The van der Waals surface area contributed by atoms with E-state index in [0.29, 0.717) is 18.8 Å². The second kappa shape index (κ2) is 7.37. The third-order valence-corrected chi connectivity index (χ3v) is 4.16. The second-order valence-electron chi connectivity index (χ2n) is 5.92. The van der Waals surface area contributed by atoms with Gasteiger partial charge in [-0.25, -0.2) is 0 Å². The van der Waals surface area contributed by atoms with Gasteiger partial charge in [0, 0.05) is 30.4 Å². The van der Waals surface area contributed by atoms with Gasteiger partial charge in [-0.2, -0.15) is 5.26 Å². The Morgan fingerprint density at radius 3 is 2.96 bits per heavy atom. The van der Waals surface area contributed by atoms with E-state index in [2.05, 4.69) is 30.0 Å². The van der Waals surface area contributed by atoms with E-state index in [0.717, 1.165) is 35.7 Å². The molecule has 0 N–H and O–H groups in total. The van der Waals surface area contributed by atoms with E-state index in [4.69, 9.17) is 9.47 Å². The summed E-state index contributed by atoms with van der Waals surface area (Å²) in [4.78, 5) is 2.24. The number of nitrogens with zero attached hydrogens (tertiary/aromatic N) is 2. The molecule has 0 amide bonds. The van der Waals surface area contributed by atoms with Crippen LogP contribution in [0.2, 0.25) is 0 Å². The maximum atomic E-state index is 9.20. The Hall–Kier alpha value is -2.51. The van der Waals surface area contributed by atoms with Crippen LogP contribution < -0.4 is 9.64 Å². The third kappa shape index (κ3) is 3.52. The molecule has 0 bridgehead atoms. The Morgan fingerprint density at radius 1 is 1.29 bits per heavy atom. The van der Waals surface area contributed by atoms with Crippen molar-refractivity contribution in [1.82, 2.24) is 0 Å². The molecule has 4 heteroatoms. The Labute approximate surface area is 143 Å². The quantitative estimate of drug-likeness (QED) is 0.855. The van der Waals surface area contributed by atoms with Crippen LogP contribution in [0.3, 0.4) is 0 Å². The van der Waals surface area contributed by atoms with E-state index >= 15 is 0 Å². The first-order valence-electron chi connectivity index (χ1n) is 8.36. The van der Waals surface area contributed by atoms with E-state index in [1.165, 1.54) is 0 Å². The van der Waals surface area contributed by atoms with Crippen molar-refractivity contribution in [3.63, 3.8) is 0 Å². The standard InChI is InChI=1S/C20H22N2O2/c1-3-23-19-6-4-5-18(13-19)22-9-10-24-15(2)11-17-12-16(14-21)7-8-20(17)22/h4-8,12-13,15H,3,9-11H2,1-2H3. The molecule has 0 radical (unpaired) electrons. The molecule has 1 aliphatic rings. The van der Waals surface area contributed by atoms with Crippen LogP contribution in [-0.2, 0) is 11.2 Å². The molecule has 1 aliphatic heterocycles. The van der Waals surface area contributed by atoms with Gasteiger partial charge >= 0.3 is 0 Å². The van der Waals surface area contributed by atoms with E-state index in [1.54, 1.807) is 0 Å². The number of anilines is 2. The molecule has 4 nitrogen and oxygen atoms in total. The van der Waals surface area contributed by atoms with E-state index in [-0.39, 0.29) is 6.10 Å². The van der Waals surface area contributed by atoms with Crippen LogP contribution in [0.25, 0.3) is 0 Å². The number of nitriles is 1. The first-order valence-corrected chi connectivity index (χ1v) is 8.36. The maximum Gasteiger partial charge on any atom is 0.121 e. The van der Waals surface area contributed by atoms with Gasteiger partial charge in [-0.05, 0) is 49.7 Å².